The maximum absolute atomic E-state index is 5.41. The molecule has 0 radical (unpaired) electrons. The van der Waals surface area contributed by atoms with Crippen molar-refractivity contribution in [2.45, 2.75) is 0 Å². The molecule has 3 aromatic heterocycles. The third kappa shape index (κ3) is 1.48. The molecule has 0 aliphatic carbocycles. The largest absolute Gasteiger partial charge is 0.479 e. The summed E-state index contributed by atoms with van der Waals surface area (Å²) in [6.45, 7) is 0. The van der Waals surface area contributed by atoms with Gasteiger partial charge in [-0.3, -0.25) is 0 Å². The van der Waals surface area contributed by atoms with Crippen LogP contribution < -0.4 is 10.5 Å². The van der Waals surface area contributed by atoms with E-state index in [0.29, 0.717) is 22.9 Å². The second-order valence-corrected chi connectivity index (χ2v) is 3.37. The molecule has 7 heteroatoms. The van der Waals surface area contributed by atoms with Crippen molar-refractivity contribution in [2.75, 3.05) is 12.8 Å². The quantitative estimate of drug-likeness (QED) is 0.687. The van der Waals surface area contributed by atoms with Crippen LogP contribution in [0.4, 0.5) is 6.01 Å². The summed E-state index contributed by atoms with van der Waals surface area (Å²) in [5.41, 5.74) is 7.41. The summed E-state index contributed by atoms with van der Waals surface area (Å²) in [5.74, 6) is 1.02. The van der Waals surface area contributed by atoms with E-state index in [1.54, 1.807) is 19.4 Å². The number of nitrogens with zero attached hydrogens (tertiary/aromatic N) is 3. The van der Waals surface area contributed by atoms with Gasteiger partial charge in [-0.05, 0) is 6.07 Å². The molecular formula is C10H9N5O2. The van der Waals surface area contributed by atoms with Crippen molar-refractivity contribution < 1.29 is 9.15 Å². The first-order chi connectivity index (χ1) is 8.28. The first-order valence-corrected chi connectivity index (χ1v) is 4.88. The number of hydrogen-bond donors (Lipinski definition) is 2. The van der Waals surface area contributed by atoms with Gasteiger partial charge >= 0.3 is 0 Å². The Morgan fingerprint density at radius 2 is 2.29 bits per heavy atom. The van der Waals surface area contributed by atoms with E-state index in [9.17, 15) is 0 Å². The highest BCUT2D eigenvalue weighted by Gasteiger charge is 2.12. The van der Waals surface area contributed by atoms with Gasteiger partial charge in [0.05, 0.1) is 12.6 Å². The second-order valence-electron chi connectivity index (χ2n) is 3.37. The van der Waals surface area contributed by atoms with Gasteiger partial charge in [-0.15, -0.1) is 0 Å². The highest BCUT2D eigenvalue weighted by molar-refractivity contribution is 5.82. The molecule has 0 aliphatic heterocycles. The molecule has 0 fully saturated rings. The molecule has 17 heavy (non-hydrogen) atoms. The molecule has 86 valence electrons. The number of ether oxygens (including phenoxy) is 1. The summed E-state index contributed by atoms with van der Waals surface area (Å²) in [6.07, 6.45) is 3.08. The molecule has 3 N–H and O–H groups in total. The molecule has 0 aliphatic rings. The summed E-state index contributed by atoms with van der Waals surface area (Å²) in [6, 6.07) is 1.91. The average Bonchev–Trinajstić information content (AvgIpc) is 2.93. The van der Waals surface area contributed by atoms with E-state index in [2.05, 4.69) is 19.9 Å². The zero-order valence-corrected chi connectivity index (χ0v) is 8.97. The van der Waals surface area contributed by atoms with Gasteiger partial charge in [-0.2, -0.15) is 4.98 Å². The molecule has 0 unspecified atom stereocenters. The number of fused-ring (bicyclic) bond motifs is 1. The van der Waals surface area contributed by atoms with E-state index in [-0.39, 0.29) is 6.01 Å². The monoisotopic (exact) mass is 231 g/mol. The predicted molar refractivity (Wildman–Crippen MR) is 60.4 cm³/mol. The third-order valence-electron chi connectivity index (χ3n) is 2.33. The van der Waals surface area contributed by atoms with Crippen LogP contribution in [0.25, 0.3) is 22.6 Å². The first kappa shape index (κ1) is 9.64. The van der Waals surface area contributed by atoms with Crippen LogP contribution in [0.1, 0.15) is 0 Å². The average molecular weight is 231 g/mol. The molecular weight excluding hydrogens is 222 g/mol. The summed E-state index contributed by atoms with van der Waals surface area (Å²) in [4.78, 5) is 15.5. The Kier molecular flexibility index (Phi) is 1.97. The van der Waals surface area contributed by atoms with E-state index in [1.807, 2.05) is 0 Å². The number of hydrogen-bond acceptors (Lipinski definition) is 6. The van der Waals surface area contributed by atoms with Gasteiger partial charge in [0.15, 0.2) is 11.3 Å². The SMILES string of the molecule is COc1nccc2[nH]c(-c3coc(N)n3)nc12. The smallest absolute Gasteiger partial charge is 0.292 e. The Morgan fingerprint density at radius 3 is 3.00 bits per heavy atom. The normalized spacial score (nSPS) is 10.9. The number of H-pyrrole nitrogens is 1. The lowest BCUT2D eigenvalue weighted by Gasteiger charge is -1.96. The highest BCUT2D eigenvalue weighted by atomic mass is 16.5. The molecule has 0 saturated heterocycles. The zero-order chi connectivity index (χ0) is 11.8. The van der Waals surface area contributed by atoms with Crippen LogP contribution in [-0.4, -0.2) is 27.0 Å². The Hall–Kier alpha value is -2.57. The van der Waals surface area contributed by atoms with E-state index < -0.39 is 0 Å². The second kappa shape index (κ2) is 3.48. The number of aromatic nitrogens is 4. The fourth-order valence-corrected chi connectivity index (χ4v) is 1.58. The number of methoxy groups -OCH3 is 1. The Morgan fingerprint density at radius 1 is 1.41 bits per heavy atom. The lowest BCUT2D eigenvalue weighted by molar-refractivity contribution is 0.402. The van der Waals surface area contributed by atoms with Crippen LogP contribution in [0.3, 0.4) is 0 Å². The van der Waals surface area contributed by atoms with Gasteiger partial charge in [0.2, 0.25) is 5.88 Å². The topological polar surface area (TPSA) is 103 Å². The van der Waals surface area contributed by atoms with Crippen molar-refractivity contribution in [2.24, 2.45) is 0 Å². The van der Waals surface area contributed by atoms with Gasteiger partial charge in [-0.25, -0.2) is 9.97 Å². The number of nitrogens with two attached hydrogens (primary N) is 1. The van der Waals surface area contributed by atoms with Crippen molar-refractivity contribution in [3.05, 3.63) is 18.5 Å². The van der Waals surface area contributed by atoms with Crippen LogP contribution in [0.2, 0.25) is 0 Å². The maximum Gasteiger partial charge on any atom is 0.292 e. The molecule has 0 bridgehead atoms. The van der Waals surface area contributed by atoms with Gasteiger partial charge in [-0.1, -0.05) is 0 Å². The van der Waals surface area contributed by atoms with E-state index in [4.69, 9.17) is 14.9 Å². The van der Waals surface area contributed by atoms with Crippen molar-refractivity contribution in [3.63, 3.8) is 0 Å². The van der Waals surface area contributed by atoms with Crippen LogP contribution in [0, 0.1) is 0 Å². The summed E-state index contributed by atoms with van der Waals surface area (Å²) in [7, 11) is 1.55. The third-order valence-corrected chi connectivity index (χ3v) is 2.33. The van der Waals surface area contributed by atoms with E-state index in [0.717, 1.165) is 5.52 Å². The van der Waals surface area contributed by atoms with Crippen LogP contribution in [0.15, 0.2) is 22.9 Å². The minimum atomic E-state index is 0.102. The minimum absolute atomic E-state index is 0.102. The highest BCUT2D eigenvalue weighted by Crippen LogP contribution is 2.24. The number of pyridine rings is 1. The Labute approximate surface area is 95.7 Å². The molecule has 7 nitrogen and oxygen atoms in total. The summed E-state index contributed by atoms with van der Waals surface area (Å²) < 4.78 is 10.1. The Balaban J connectivity index is 2.19. The number of rotatable bonds is 2. The number of oxazole rings is 1. The first-order valence-electron chi connectivity index (χ1n) is 4.88. The lowest BCUT2D eigenvalue weighted by Crippen LogP contribution is -1.87. The fourth-order valence-electron chi connectivity index (χ4n) is 1.58. The molecule has 0 atom stereocenters. The number of anilines is 1. The number of aromatic amines is 1. The van der Waals surface area contributed by atoms with Gasteiger partial charge in [0.1, 0.15) is 12.0 Å². The van der Waals surface area contributed by atoms with Crippen molar-refractivity contribution >= 4 is 17.0 Å². The molecule has 3 rings (SSSR count). The maximum atomic E-state index is 5.41. The van der Waals surface area contributed by atoms with Gasteiger partial charge < -0.3 is 19.9 Å². The molecule has 0 amide bonds. The standard InChI is InChI=1S/C10H9N5O2/c1-16-9-7-5(2-3-12-9)13-8(15-7)6-4-17-10(11)14-6/h2-4H,1H3,(H2,11,14)(H,13,15). The molecule has 0 saturated carbocycles. The predicted octanol–water partition coefficient (Wildman–Crippen LogP) is 1.20. The van der Waals surface area contributed by atoms with Crippen molar-refractivity contribution in [1.29, 1.82) is 0 Å². The molecule has 3 aromatic rings. The molecule has 3 heterocycles. The lowest BCUT2D eigenvalue weighted by atomic mass is 10.4. The van der Waals surface area contributed by atoms with Crippen LogP contribution in [-0.2, 0) is 0 Å². The molecule has 0 spiro atoms. The van der Waals surface area contributed by atoms with E-state index >= 15 is 0 Å². The summed E-state index contributed by atoms with van der Waals surface area (Å²) >= 11 is 0. The minimum Gasteiger partial charge on any atom is -0.479 e. The Bertz CT molecular complexity index is 672. The summed E-state index contributed by atoms with van der Waals surface area (Å²) in [5, 5.41) is 0. The zero-order valence-electron chi connectivity index (χ0n) is 8.97. The van der Waals surface area contributed by atoms with Crippen molar-refractivity contribution in [3.8, 4) is 17.4 Å². The fraction of sp³-hybridized carbons (Fsp3) is 0.100. The number of nitrogen functional groups attached to an aromatic ring is 1. The van der Waals surface area contributed by atoms with E-state index in [1.165, 1.54) is 6.26 Å². The van der Waals surface area contributed by atoms with Gasteiger partial charge in [0, 0.05) is 6.20 Å². The number of imidazole rings is 1. The van der Waals surface area contributed by atoms with Crippen LogP contribution >= 0.6 is 0 Å². The van der Waals surface area contributed by atoms with Crippen LogP contribution in [0.5, 0.6) is 5.88 Å². The van der Waals surface area contributed by atoms with Crippen molar-refractivity contribution in [1.82, 2.24) is 19.9 Å². The van der Waals surface area contributed by atoms with Gasteiger partial charge in [0.25, 0.3) is 6.01 Å². The molecule has 0 aromatic carbocycles. The number of nitrogens with one attached hydrogen (secondary N) is 1.